The van der Waals surface area contributed by atoms with E-state index in [0.29, 0.717) is 5.92 Å². The summed E-state index contributed by atoms with van der Waals surface area (Å²) < 4.78 is 0. The van der Waals surface area contributed by atoms with Gasteiger partial charge in [-0.25, -0.2) is 0 Å². The number of thiocarbonyl (C=S) groups is 1. The maximum atomic E-state index is 10.6. The Morgan fingerprint density at radius 2 is 2.13 bits per heavy atom. The summed E-state index contributed by atoms with van der Waals surface area (Å²) in [5, 5.41) is 0. The Morgan fingerprint density at radius 3 is 2.60 bits per heavy atom. The van der Waals surface area contributed by atoms with Crippen LogP contribution in [0.3, 0.4) is 0 Å². The van der Waals surface area contributed by atoms with Gasteiger partial charge in [-0.15, -0.1) is 0 Å². The molecule has 0 unspecified atom stereocenters. The lowest BCUT2D eigenvalue weighted by atomic mass is 9.99. The van der Waals surface area contributed by atoms with Crippen LogP contribution in [0, 0.1) is 12.8 Å². The molecule has 0 aliphatic carbocycles. The Hall–Kier alpha value is -1.02. The normalized spacial score (nSPS) is 10.4. The van der Waals surface area contributed by atoms with Crippen LogP contribution in [0.1, 0.15) is 35.3 Å². The molecule has 80 valence electrons. The van der Waals surface area contributed by atoms with Crippen molar-refractivity contribution in [2.45, 2.75) is 27.2 Å². The van der Waals surface area contributed by atoms with E-state index in [2.05, 4.69) is 13.8 Å². The lowest BCUT2D eigenvalue weighted by molar-refractivity contribution is 0.112. The monoisotopic (exact) mass is 220 g/mol. The van der Waals surface area contributed by atoms with Gasteiger partial charge in [0.2, 0.25) is 0 Å². The van der Waals surface area contributed by atoms with Gasteiger partial charge >= 0.3 is 0 Å². The van der Waals surface area contributed by atoms with Gasteiger partial charge in [-0.1, -0.05) is 44.3 Å². The third-order valence-corrected chi connectivity index (χ3v) is 3.10. The standard InChI is InChI=1S/C13H16OS/c1-9(2)13(15)7-11-4-5-12(8-14)10(3)6-11/h4-6,8-9H,7H2,1-3H3. The number of benzene rings is 1. The minimum Gasteiger partial charge on any atom is -0.298 e. The first-order valence-electron chi connectivity index (χ1n) is 5.12. The van der Waals surface area contributed by atoms with E-state index in [9.17, 15) is 4.79 Å². The molecule has 1 aromatic carbocycles. The first kappa shape index (κ1) is 12.1. The van der Waals surface area contributed by atoms with Gasteiger partial charge in [0.05, 0.1) is 0 Å². The number of hydrogen-bond acceptors (Lipinski definition) is 2. The van der Waals surface area contributed by atoms with Crippen molar-refractivity contribution in [3.63, 3.8) is 0 Å². The Balaban J connectivity index is 2.84. The van der Waals surface area contributed by atoms with Crippen LogP contribution in [-0.4, -0.2) is 11.2 Å². The van der Waals surface area contributed by atoms with E-state index in [1.165, 1.54) is 5.56 Å². The fourth-order valence-corrected chi connectivity index (χ4v) is 1.55. The zero-order valence-corrected chi connectivity index (χ0v) is 10.2. The highest BCUT2D eigenvalue weighted by Crippen LogP contribution is 2.12. The molecule has 0 amide bonds. The van der Waals surface area contributed by atoms with Gasteiger partial charge in [-0.2, -0.15) is 0 Å². The van der Waals surface area contributed by atoms with Crippen molar-refractivity contribution in [1.29, 1.82) is 0 Å². The van der Waals surface area contributed by atoms with Crippen molar-refractivity contribution < 1.29 is 4.79 Å². The fraction of sp³-hybridized carbons (Fsp3) is 0.385. The Labute approximate surface area is 96.5 Å². The van der Waals surface area contributed by atoms with Crippen LogP contribution in [-0.2, 0) is 6.42 Å². The summed E-state index contributed by atoms with van der Waals surface area (Å²) in [5.74, 6) is 0.436. The average molecular weight is 220 g/mol. The number of carbonyl (C=O) groups excluding carboxylic acids is 1. The van der Waals surface area contributed by atoms with Crippen molar-refractivity contribution in [2.75, 3.05) is 0 Å². The van der Waals surface area contributed by atoms with E-state index in [0.717, 1.165) is 28.7 Å². The predicted molar refractivity (Wildman–Crippen MR) is 67.7 cm³/mol. The average Bonchev–Trinajstić information content (AvgIpc) is 2.18. The molecule has 1 nitrogen and oxygen atoms in total. The molecule has 0 aliphatic rings. The zero-order chi connectivity index (χ0) is 11.4. The number of rotatable bonds is 4. The minimum atomic E-state index is 0.436. The topological polar surface area (TPSA) is 17.1 Å². The van der Waals surface area contributed by atoms with E-state index < -0.39 is 0 Å². The predicted octanol–water partition coefficient (Wildman–Crippen LogP) is 3.38. The first-order chi connectivity index (χ1) is 7.04. The Morgan fingerprint density at radius 1 is 1.47 bits per heavy atom. The molecule has 2 heteroatoms. The van der Waals surface area contributed by atoms with Crippen molar-refractivity contribution in [1.82, 2.24) is 0 Å². The molecule has 0 aromatic heterocycles. The summed E-state index contributed by atoms with van der Waals surface area (Å²) in [6.07, 6.45) is 1.72. The minimum absolute atomic E-state index is 0.436. The third-order valence-electron chi connectivity index (χ3n) is 2.48. The SMILES string of the molecule is Cc1cc(CC(=S)C(C)C)ccc1C=O. The highest BCUT2D eigenvalue weighted by Gasteiger charge is 2.05. The maximum absolute atomic E-state index is 10.6. The zero-order valence-electron chi connectivity index (χ0n) is 9.41. The number of carbonyl (C=O) groups is 1. The molecule has 0 N–H and O–H groups in total. The molecule has 0 spiro atoms. The molecule has 0 bridgehead atoms. The Kier molecular flexibility index (Phi) is 4.15. The number of hydrogen-bond donors (Lipinski definition) is 0. The van der Waals surface area contributed by atoms with E-state index >= 15 is 0 Å². The van der Waals surface area contributed by atoms with Gasteiger partial charge in [-0.05, 0) is 28.8 Å². The van der Waals surface area contributed by atoms with Crippen LogP contribution in [0.2, 0.25) is 0 Å². The van der Waals surface area contributed by atoms with E-state index in [1.54, 1.807) is 0 Å². The largest absolute Gasteiger partial charge is 0.298 e. The maximum Gasteiger partial charge on any atom is 0.150 e. The van der Waals surface area contributed by atoms with E-state index in [-0.39, 0.29) is 0 Å². The quantitative estimate of drug-likeness (QED) is 0.571. The van der Waals surface area contributed by atoms with Crippen LogP contribution in [0.5, 0.6) is 0 Å². The lowest BCUT2D eigenvalue weighted by Crippen LogP contribution is -2.08. The summed E-state index contributed by atoms with van der Waals surface area (Å²) in [7, 11) is 0. The molecule has 0 heterocycles. The van der Waals surface area contributed by atoms with Gasteiger partial charge < -0.3 is 0 Å². The summed E-state index contributed by atoms with van der Waals surface area (Å²) in [6, 6.07) is 5.88. The highest BCUT2D eigenvalue weighted by atomic mass is 32.1. The third kappa shape index (κ3) is 3.24. The van der Waals surface area contributed by atoms with E-state index in [4.69, 9.17) is 12.2 Å². The smallest absolute Gasteiger partial charge is 0.150 e. The van der Waals surface area contributed by atoms with Crippen molar-refractivity contribution >= 4 is 23.4 Å². The number of aryl methyl sites for hydroxylation is 1. The summed E-state index contributed by atoms with van der Waals surface area (Å²) in [5.41, 5.74) is 2.97. The molecule has 0 atom stereocenters. The van der Waals surface area contributed by atoms with Gasteiger partial charge in [0.15, 0.2) is 0 Å². The van der Waals surface area contributed by atoms with Gasteiger partial charge in [0.25, 0.3) is 0 Å². The van der Waals surface area contributed by atoms with Crippen LogP contribution in [0.4, 0.5) is 0 Å². The summed E-state index contributed by atoms with van der Waals surface area (Å²) in [6.45, 7) is 6.16. The molecular formula is C13H16OS. The molecule has 0 fully saturated rings. The molecule has 0 radical (unpaired) electrons. The van der Waals surface area contributed by atoms with Crippen molar-refractivity contribution in [3.8, 4) is 0 Å². The van der Waals surface area contributed by atoms with Gasteiger partial charge in [0.1, 0.15) is 6.29 Å². The van der Waals surface area contributed by atoms with Crippen LogP contribution < -0.4 is 0 Å². The molecule has 15 heavy (non-hydrogen) atoms. The second-order valence-electron chi connectivity index (χ2n) is 4.11. The highest BCUT2D eigenvalue weighted by molar-refractivity contribution is 7.80. The van der Waals surface area contributed by atoms with E-state index in [1.807, 2.05) is 25.1 Å². The lowest BCUT2D eigenvalue weighted by Gasteiger charge is -2.08. The molecule has 0 aliphatic heterocycles. The molecule has 0 saturated carbocycles. The molecular weight excluding hydrogens is 204 g/mol. The molecule has 0 saturated heterocycles. The van der Waals surface area contributed by atoms with Crippen LogP contribution in [0.25, 0.3) is 0 Å². The number of aldehydes is 1. The second kappa shape index (κ2) is 5.17. The summed E-state index contributed by atoms with van der Waals surface area (Å²) in [4.78, 5) is 11.7. The van der Waals surface area contributed by atoms with Gasteiger partial charge in [-0.3, -0.25) is 4.79 Å². The second-order valence-corrected chi connectivity index (χ2v) is 4.63. The van der Waals surface area contributed by atoms with Crippen LogP contribution in [0.15, 0.2) is 18.2 Å². The fourth-order valence-electron chi connectivity index (χ4n) is 1.39. The van der Waals surface area contributed by atoms with Crippen molar-refractivity contribution in [3.05, 3.63) is 34.9 Å². The van der Waals surface area contributed by atoms with Gasteiger partial charge in [0, 0.05) is 12.0 Å². The Bertz CT molecular complexity index is 380. The molecule has 1 rings (SSSR count). The summed E-state index contributed by atoms with van der Waals surface area (Å²) >= 11 is 5.29. The van der Waals surface area contributed by atoms with Crippen molar-refractivity contribution in [2.24, 2.45) is 5.92 Å². The molecule has 1 aromatic rings. The first-order valence-corrected chi connectivity index (χ1v) is 5.53. The van der Waals surface area contributed by atoms with Crippen LogP contribution >= 0.6 is 12.2 Å².